The highest BCUT2D eigenvalue weighted by molar-refractivity contribution is 5.71. The number of piperazine rings is 1. The summed E-state index contributed by atoms with van der Waals surface area (Å²) in [6, 6.07) is 6.60. The zero-order chi connectivity index (χ0) is 21.0. The number of anilines is 1. The van der Waals surface area contributed by atoms with E-state index in [0.29, 0.717) is 26.2 Å². The topological polar surface area (TPSA) is 62.3 Å². The van der Waals surface area contributed by atoms with E-state index in [9.17, 15) is 9.59 Å². The number of carbonyl (C=O) groups is 2. The van der Waals surface area contributed by atoms with Crippen LogP contribution in [0.1, 0.15) is 38.8 Å². The van der Waals surface area contributed by atoms with Crippen molar-refractivity contribution in [1.29, 1.82) is 0 Å². The number of ether oxygens (including phenoxy) is 2. The molecule has 3 rings (SSSR count). The van der Waals surface area contributed by atoms with E-state index in [1.807, 2.05) is 27.7 Å². The van der Waals surface area contributed by atoms with Crippen LogP contribution in [0.4, 0.5) is 10.5 Å². The number of benzene rings is 1. The van der Waals surface area contributed by atoms with Gasteiger partial charge in [0.05, 0.1) is 13.2 Å². The number of hydrogen-bond acceptors (Lipinski definition) is 6. The zero-order valence-electron chi connectivity index (χ0n) is 18.1. The van der Waals surface area contributed by atoms with Gasteiger partial charge in [-0.25, -0.2) is 4.79 Å². The Hall–Kier alpha value is -2.28. The summed E-state index contributed by atoms with van der Waals surface area (Å²) in [5.41, 5.74) is 3.32. The average Bonchev–Trinajstić information content (AvgIpc) is 2.66. The molecule has 29 heavy (non-hydrogen) atoms. The largest absolute Gasteiger partial charge is 0.465 e. The van der Waals surface area contributed by atoms with Crippen LogP contribution in [0.3, 0.4) is 0 Å². The van der Waals surface area contributed by atoms with E-state index < -0.39 is 5.60 Å². The molecule has 1 aromatic carbocycles. The Bertz CT molecular complexity index is 736. The number of fused-ring (bicyclic) bond motifs is 1. The molecule has 0 unspecified atom stereocenters. The van der Waals surface area contributed by atoms with Crippen molar-refractivity contribution in [1.82, 2.24) is 9.80 Å². The molecule has 1 aromatic rings. The molecule has 7 nitrogen and oxygen atoms in total. The van der Waals surface area contributed by atoms with Crippen LogP contribution in [0.15, 0.2) is 18.2 Å². The predicted octanol–water partition coefficient (Wildman–Crippen LogP) is 2.66. The average molecular weight is 404 g/mol. The summed E-state index contributed by atoms with van der Waals surface area (Å²) in [5, 5.41) is 0. The molecular weight excluding hydrogens is 370 g/mol. The smallest absolute Gasteiger partial charge is 0.410 e. The van der Waals surface area contributed by atoms with Crippen molar-refractivity contribution in [3.63, 3.8) is 0 Å². The van der Waals surface area contributed by atoms with E-state index in [-0.39, 0.29) is 12.1 Å². The minimum absolute atomic E-state index is 0.162. The van der Waals surface area contributed by atoms with Crippen LogP contribution in [0, 0.1) is 0 Å². The molecule has 0 aliphatic carbocycles. The van der Waals surface area contributed by atoms with Gasteiger partial charge >= 0.3 is 12.1 Å². The molecule has 1 saturated heterocycles. The first-order valence-corrected chi connectivity index (χ1v) is 10.5. The SMILES string of the molecule is CCOC(=O)CN1CCc2ccc(N3CCN(C(=O)OC(C)(C)C)CC3)cc2C1. The lowest BCUT2D eigenvalue weighted by atomic mass is 9.98. The molecule has 1 amide bonds. The first-order valence-electron chi connectivity index (χ1n) is 10.5. The lowest BCUT2D eigenvalue weighted by molar-refractivity contribution is -0.144. The summed E-state index contributed by atoms with van der Waals surface area (Å²) < 4.78 is 10.6. The third-order valence-electron chi connectivity index (χ3n) is 5.24. The molecule has 2 aliphatic rings. The van der Waals surface area contributed by atoms with Gasteiger partial charge in [-0.1, -0.05) is 6.07 Å². The van der Waals surface area contributed by atoms with Crippen molar-refractivity contribution < 1.29 is 19.1 Å². The summed E-state index contributed by atoms with van der Waals surface area (Å²) in [6.45, 7) is 12.8. The second-order valence-corrected chi connectivity index (χ2v) is 8.67. The molecule has 160 valence electrons. The highest BCUT2D eigenvalue weighted by Gasteiger charge is 2.26. The number of amides is 1. The molecule has 0 bridgehead atoms. The minimum Gasteiger partial charge on any atom is -0.465 e. The van der Waals surface area contributed by atoms with Crippen molar-refractivity contribution in [3.8, 4) is 0 Å². The number of nitrogens with zero attached hydrogens (tertiary/aromatic N) is 3. The van der Waals surface area contributed by atoms with E-state index in [1.54, 1.807) is 4.90 Å². The first kappa shape index (κ1) is 21.4. The van der Waals surface area contributed by atoms with Crippen LogP contribution < -0.4 is 4.90 Å². The summed E-state index contributed by atoms with van der Waals surface area (Å²) in [6.07, 6.45) is 0.707. The van der Waals surface area contributed by atoms with Crippen molar-refractivity contribution in [2.45, 2.75) is 46.3 Å². The molecule has 0 aromatic heterocycles. The third-order valence-corrected chi connectivity index (χ3v) is 5.24. The zero-order valence-corrected chi connectivity index (χ0v) is 18.1. The Morgan fingerprint density at radius 1 is 1.03 bits per heavy atom. The van der Waals surface area contributed by atoms with Crippen LogP contribution >= 0.6 is 0 Å². The van der Waals surface area contributed by atoms with Crippen LogP contribution in [-0.2, 0) is 27.2 Å². The van der Waals surface area contributed by atoms with E-state index in [2.05, 4.69) is 28.0 Å². The maximum absolute atomic E-state index is 12.3. The van der Waals surface area contributed by atoms with Gasteiger partial charge in [-0.05, 0) is 57.4 Å². The molecule has 1 fully saturated rings. The summed E-state index contributed by atoms with van der Waals surface area (Å²) >= 11 is 0. The molecule has 0 atom stereocenters. The van der Waals surface area contributed by atoms with Gasteiger partial charge in [-0.3, -0.25) is 9.69 Å². The number of esters is 1. The van der Waals surface area contributed by atoms with Crippen LogP contribution in [-0.4, -0.2) is 73.3 Å². The minimum atomic E-state index is -0.470. The second kappa shape index (κ2) is 9.03. The molecule has 0 saturated carbocycles. The summed E-state index contributed by atoms with van der Waals surface area (Å²) in [7, 11) is 0. The fraction of sp³-hybridized carbons (Fsp3) is 0.636. The molecular formula is C22H33N3O4. The lowest BCUT2D eigenvalue weighted by Gasteiger charge is -2.37. The maximum Gasteiger partial charge on any atom is 0.410 e. The van der Waals surface area contributed by atoms with Crippen molar-refractivity contribution in [2.24, 2.45) is 0 Å². The van der Waals surface area contributed by atoms with Gasteiger partial charge in [0, 0.05) is 45.0 Å². The normalized spacial score (nSPS) is 17.7. The fourth-order valence-electron chi connectivity index (χ4n) is 3.80. The predicted molar refractivity (Wildman–Crippen MR) is 112 cm³/mol. The summed E-state index contributed by atoms with van der Waals surface area (Å²) in [4.78, 5) is 30.3. The van der Waals surface area contributed by atoms with Gasteiger partial charge in [0.15, 0.2) is 0 Å². The Kier molecular flexibility index (Phi) is 6.67. The van der Waals surface area contributed by atoms with Gasteiger partial charge in [0.25, 0.3) is 0 Å². The molecule has 0 radical (unpaired) electrons. The monoisotopic (exact) mass is 403 g/mol. The molecule has 2 aliphatic heterocycles. The van der Waals surface area contributed by atoms with E-state index in [1.165, 1.54) is 16.8 Å². The van der Waals surface area contributed by atoms with Gasteiger partial charge < -0.3 is 19.3 Å². The summed E-state index contributed by atoms with van der Waals surface area (Å²) in [5.74, 6) is -0.162. The molecule has 7 heteroatoms. The standard InChI is InChI=1S/C22H33N3O4/c1-5-28-20(26)16-23-9-8-17-6-7-19(14-18(17)15-23)24-10-12-25(13-11-24)21(27)29-22(2,3)4/h6-7,14H,5,8-13,15-16H2,1-4H3. The molecule has 0 spiro atoms. The quantitative estimate of drug-likeness (QED) is 0.721. The van der Waals surface area contributed by atoms with E-state index >= 15 is 0 Å². The van der Waals surface area contributed by atoms with E-state index in [4.69, 9.17) is 9.47 Å². The molecule has 0 N–H and O–H groups in total. The fourth-order valence-corrected chi connectivity index (χ4v) is 3.80. The van der Waals surface area contributed by atoms with E-state index in [0.717, 1.165) is 32.6 Å². The van der Waals surface area contributed by atoms with Crippen LogP contribution in [0.2, 0.25) is 0 Å². The van der Waals surface area contributed by atoms with Gasteiger partial charge in [0.2, 0.25) is 0 Å². The van der Waals surface area contributed by atoms with Crippen LogP contribution in [0.5, 0.6) is 0 Å². The number of carbonyl (C=O) groups excluding carboxylic acids is 2. The van der Waals surface area contributed by atoms with Crippen molar-refractivity contribution >= 4 is 17.7 Å². The Morgan fingerprint density at radius 2 is 1.76 bits per heavy atom. The third kappa shape index (κ3) is 5.85. The second-order valence-electron chi connectivity index (χ2n) is 8.67. The molecule has 2 heterocycles. The highest BCUT2D eigenvalue weighted by atomic mass is 16.6. The Balaban J connectivity index is 1.58. The van der Waals surface area contributed by atoms with Crippen LogP contribution in [0.25, 0.3) is 0 Å². The highest BCUT2D eigenvalue weighted by Crippen LogP contribution is 2.26. The van der Waals surface area contributed by atoms with Gasteiger partial charge in [0.1, 0.15) is 5.60 Å². The number of rotatable bonds is 4. The number of hydrogen-bond donors (Lipinski definition) is 0. The Morgan fingerprint density at radius 3 is 2.41 bits per heavy atom. The Labute approximate surface area is 173 Å². The lowest BCUT2D eigenvalue weighted by Crippen LogP contribution is -2.50. The van der Waals surface area contributed by atoms with Gasteiger partial charge in [-0.2, -0.15) is 0 Å². The van der Waals surface area contributed by atoms with Crippen molar-refractivity contribution in [2.75, 3.05) is 50.8 Å². The first-order chi connectivity index (χ1) is 13.7. The maximum atomic E-state index is 12.3. The van der Waals surface area contributed by atoms with Crippen molar-refractivity contribution in [3.05, 3.63) is 29.3 Å². The van der Waals surface area contributed by atoms with Gasteiger partial charge in [-0.15, -0.1) is 0 Å².